The van der Waals surface area contributed by atoms with Crippen LogP contribution in [0.1, 0.15) is 24.8 Å². The molecule has 3 saturated heterocycles. The van der Waals surface area contributed by atoms with Gasteiger partial charge in [-0.2, -0.15) is 0 Å². The first-order chi connectivity index (χ1) is 13.8. The first kappa shape index (κ1) is 19.9. The highest BCUT2D eigenvalue weighted by Gasteiger charge is 2.35. The SMILES string of the molecule is O=C([C@@H]1C[C@H](CN2CCOCC2)CN(CCc2ccccc2)C1)N1CCCC1. The van der Waals surface area contributed by atoms with Gasteiger partial charge in [-0.3, -0.25) is 9.69 Å². The van der Waals surface area contributed by atoms with Crippen molar-refractivity contribution in [3.63, 3.8) is 0 Å². The Hall–Kier alpha value is -1.43. The maximum absolute atomic E-state index is 13.1. The lowest BCUT2D eigenvalue weighted by Crippen LogP contribution is -2.50. The van der Waals surface area contributed by atoms with Gasteiger partial charge < -0.3 is 14.5 Å². The molecule has 5 nitrogen and oxygen atoms in total. The number of ether oxygens (including phenoxy) is 1. The predicted molar refractivity (Wildman–Crippen MR) is 111 cm³/mol. The number of carbonyl (C=O) groups is 1. The molecule has 0 unspecified atom stereocenters. The van der Waals surface area contributed by atoms with Crippen molar-refractivity contribution >= 4 is 5.91 Å². The van der Waals surface area contributed by atoms with E-state index >= 15 is 0 Å². The summed E-state index contributed by atoms with van der Waals surface area (Å²) in [6.45, 7) is 9.90. The van der Waals surface area contributed by atoms with Crippen LogP contribution in [0.2, 0.25) is 0 Å². The van der Waals surface area contributed by atoms with Crippen LogP contribution in [0.15, 0.2) is 30.3 Å². The van der Waals surface area contributed by atoms with Crippen LogP contribution in [0.25, 0.3) is 0 Å². The van der Waals surface area contributed by atoms with E-state index in [9.17, 15) is 4.79 Å². The Balaban J connectivity index is 1.38. The van der Waals surface area contributed by atoms with E-state index in [4.69, 9.17) is 4.74 Å². The van der Waals surface area contributed by atoms with Crippen LogP contribution in [-0.2, 0) is 16.0 Å². The molecule has 28 heavy (non-hydrogen) atoms. The van der Waals surface area contributed by atoms with Crippen molar-refractivity contribution in [1.82, 2.24) is 14.7 Å². The molecule has 5 heteroatoms. The number of likely N-dealkylation sites (tertiary alicyclic amines) is 2. The van der Waals surface area contributed by atoms with Gasteiger partial charge in [0, 0.05) is 52.4 Å². The van der Waals surface area contributed by atoms with Gasteiger partial charge in [-0.1, -0.05) is 30.3 Å². The molecule has 3 fully saturated rings. The predicted octanol–water partition coefficient (Wildman–Crippen LogP) is 2.12. The number of morpholine rings is 1. The molecule has 0 spiro atoms. The fraction of sp³-hybridized carbons (Fsp3) is 0.696. The second-order valence-corrected chi connectivity index (χ2v) is 8.74. The number of rotatable bonds is 6. The van der Waals surface area contributed by atoms with E-state index < -0.39 is 0 Å². The molecule has 3 aliphatic rings. The zero-order chi connectivity index (χ0) is 19.2. The summed E-state index contributed by atoms with van der Waals surface area (Å²) in [5.41, 5.74) is 1.39. The average molecular weight is 386 g/mol. The third kappa shape index (κ3) is 5.34. The minimum atomic E-state index is 0.175. The number of amides is 1. The molecule has 1 aromatic rings. The largest absolute Gasteiger partial charge is 0.379 e. The van der Waals surface area contributed by atoms with Crippen LogP contribution in [0.4, 0.5) is 0 Å². The second-order valence-electron chi connectivity index (χ2n) is 8.74. The molecular formula is C23H35N3O2. The van der Waals surface area contributed by atoms with E-state index in [0.29, 0.717) is 11.8 Å². The van der Waals surface area contributed by atoms with Crippen LogP contribution < -0.4 is 0 Å². The van der Waals surface area contributed by atoms with E-state index in [2.05, 4.69) is 45.0 Å². The summed E-state index contributed by atoms with van der Waals surface area (Å²) < 4.78 is 5.51. The number of hydrogen-bond acceptors (Lipinski definition) is 4. The maximum Gasteiger partial charge on any atom is 0.226 e. The van der Waals surface area contributed by atoms with Gasteiger partial charge in [0.1, 0.15) is 0 Å². The van der Waals surface area contributed by atoms with Crippen LogP contribution >= 0.6 is 0 Å². The fourth-order valence-electron chi connectivity index (χ4n) is 5.07. The second kappa shape index (κ2) is 9.86. The van der Waals surface area contributed by atoms with E-state index in [1.807, 2.05) is 0 Å². The zero-order valence-electron chi connectivity index (χ0n) is 17.1. The van der Waals surface area contributed by atoms with E-state index in [1.165, 1.54) is 18.4 Å². The molecule has 1 aromatic carbocycles. The molecule has 2 atom stereocenters. The molecule has 0 N–H and O–H groups in total. The van der Waals surface area contributed by atoms with Gasteiger partial charge in [0.25, 0.3) is 0 Å². The first-order valence-electron chi connectivity index (χ1n) is 11.1. The molecule has 154 valence electrons. The van der Waals surface area contributed by atoms with E-state index in [1.54, 1.807) is 0 Å². The van der Waals surface area contributed by atoms with Crippen molar-refractivity contribution in [2.75, 3.05) is 65.6 Å². The van der Waals surface area contributed by atoms with Gasteiger partial charge in [0.05, 0.1) is 19.1 Å². The molecule has 0 radical (unpaired) electrons. The first-order valence-corrected chi connectivity index (χ1v) is 11.1. The van der Waals surface area contributed by atoms with Gasteiger partial charge in [-0.15, -0.1) is 0 Å². The summed E-state index contributed by atoms with van der Waals surface area (Å²) in [5, 5.41) is 0. The lowest BCUT2D eigenvalue weighted by atomic mass is 9.87. The summed E-state index contributed by atoms with van der Waals surface area (Å²) in [6, 6.07) is 10.7. The average Bonchev–Trinajstić information content (AvgIpc) is 3.28. The summed E-state index contributed by atoms with van der Waals surface area (Å²) in [7, 11) is 0. The molecule has 0 bridgehead atoms. The minimum absolute atomic E-state index is 0.175. The molecule has 3 aliphatic heterocycles. The normalized spacial score (nSPS) is 27.2. The van der Waals surface area contributed by atoms with Crippen LogP contribution in [0.3, 0.4) is 0 Å². The Morgan fingerprint density at radius 2 is 1.71 bits per heavy atom. The van der Waals surface area contributed by atoms with Gasteiger partial charge >= 0.3 is 0 Å². The highest BCUT2D eigenvalue weighted by molar-refractivity contribution is 5.79. The quantitative estimate of drug-likeness (QED) is 0.752. The van der Waals surface area contributed by atoms with Crippen molar-refractivity contribution in [2.24, 2.45) is 11.8 Å². The summed E-state index contributed by atoms with van der Waals surface area (Å²) >= 11 is 0. The lowest BCUT2D eigenvalue weighted by molar-refractivity contribution is -0.137. The summed E-state index contributed by atoms with van der Waals surface area (Å²) in [6.07, 6.45) is 4.46. The fourth-order valence-corrected chi connectivity index (χ4v) is 5.07. The third-order valence-electron chi connectivity index (χ3n) is 6.56. The summed E-state index contributed by atoms with van der Waals surface area (Å²) in [5.74, 6) is 1.17. The highest BCUT2D eigenvalue weighted by atomic mass is 16.5. The highest BCUT2D eigenvalue weighted by Crippen LogP contribution is 2.26. The van der Waals surface area contributed by atoms with Gasteiger partial charge in [0.15, 0.2) is 0 Å². The molecule has 0 aromatic heterocycles. The summed E-state index contributed by atoms with van der Waals surface area (Å²) in [4.78, 5) is 20.3. The van der Waals surface area contributed by atoms with E-state index in [0.717, 1.165) is 78.4 Å². The Labute approximate surface area is 169 Å². The van der Waals surface area contributed by atoms with Crippen molar-refractivity contribution in [2.45, 2.75) is 25.7 Å². The van der Waals surface area contributed by atoms with Gasteiger partial charge in [-0.05, 0) is 37.2 Å². The molecule has 0 aliphatic carbocycles. The topological polar surface area (TPSA) is 36.0 Å². The lowest BCUT2D eigenvalue weighted by Gasteiger charge is -2.40. The number of nitrogens with zero attached hydrogens (tertiary/aromatic N) is 3. The Kier molecular flexibility index (Phi) is 7.00. The third-order valence-corrected chi connectivity index (χ3v) is 6.56. The Morgan fingerprint density at radius 1 is 0.964 bits per heavy atom. The zero-order valence-corrected chi connectivity index (χ0v) is 17.1. The maximum atomic E-state index is 13.1. The van der Waals surface area contributed by atoms with Crippen LogP contribution in [-0.4, -0.2) is 86.2 Å². The molecular weight excluding hydrogens is 350 g/mol. The number of benzene rings is 1. The van der Waals surface area contributed by atoms with Crippen molar-refractivity contribution < 1.29 is 9.53 Å². The molecule has 3 heterocycles. The standard InChI is InChI=1S/C23H35N3O2/c27-23(26-9-4-5-10-26)22-16-21(17-24-12-14-28-15-13-24)18-25(19-22)11-8-20-6-2-1-3-7-20/h1-3,6-7,21-22H,4-5,8-19H2/t21-,22-/m1/s1. The van der Waals surface area contributed by atoms with Crippen molar-refractivity contribution in [1.29, 1.82) is 0 Å². The number of hydrogen-bond donors (Lipinski definition) is 0. The smallest absolute Gasteiger partial charge is 0.226 e. The van der Waals surface area contributed by atoms with Crippen LogP contribution in [0, 0.1) is 11.8 Å². The van der Waals surface area contributed by atoms with Crippen molar-refractivity contribution in [3.05, 3.63) is 35.9 Å². The monoisotopic (exact) mass is 385 g/mol. The minimum Gasteiger partial charge on any atom is -0.379 e. The number of carbonyl (C=O) groups excluding carboxylic acids is 1. The van der Waals surface area contributed by atoms with E-state index in [-0.39, 0.29) is 5.92 Å². The number of piperidine rings is 1. The molecule has 1 amide bonds. The molecule has 4 rings (SSSR count). The van der Waals surface area contributed by atoms with Crippen LogP contribution in [0.5, 0.6) is 0 Å². The van der Waals surface area contributed by atoms with Crippen molar-refractivity contribution in [3.8, 4) is 0 Å². The molecule has 0 saturated carbocycles. The Bertz CT molecular complexity index is 612. The Morgan fingerprint density at radius 3 is 2.46 bits per heavy atom. The van der Waals surface area contributed by atoms with Gasteiger partial charge in [0.2, 0.25) is 5.91 Å². The van der Waals surface area contributed by atoms with Gasteiger partial charge in [-0.25, -0.2) is 0 Å².